The zero-order chi connectivity index (χ0) is 20.9. The van der Waals surface area contributed by atoms with Crippen LogP contribution in [0.15, 0.2) is 58.1 Å². The van der Waals surface area contributed by atoms with Crippen molar-refractivity contribution < 1.29 is 26.4 Å². The number of amides is 1. The van der Waals surface area contributed by atoms with E-state index in [4.69, 9.17) is 0 Å². The van der Waals surface area contributed by atoms with E-state index < -0.39 is 34.2 Å². The largest absolute Gasteiger partial charge is 0.417 e. The summed E-state index contributed by atoms with van der Waals surface area (Å²) in [7, 11) is -3.77. The third-order valence-electron chi connectivity index (χ3n) is 3.46. The molecule has 0 aliphatic carbocycles. The quantitative estimate of drug-likeness (QED) is 0.511. The third-order valence-corrected chi connectivity index (χ3v) is 5.13. The van der Waals surface area contributed by atoms with E-state index in [1.165, 1.54) is 30.3 Å². The molecule has 11 heteroatoms. The first-order valence-corrected chi connectivity index (χ1v) is 10.3. The van der Waals surface area contributed by atoms with Gasteiger partial charge in [0.15, 0.2) is 0 Å². The maximum atomic E-state index is 12.9. The molecule has 0 heterocycles. The number of hydrazone groups is 1. The van der Waals surface area contributed by atoms with Crippen LogP contribution in [0.4, 0.5) is 18.9 Å². The van der Waals surface area contributed by atoms with Gasteiger partial charge < -0.3 is 0 Å². The molecule has 2 aromatic carbocycles. The molecule has 0 atom stereocenters. The molecule has 0 aliphatic heterocycles. The van der Waals surface area contributed by atoms with E-state index in [9.17, 15) is 26.4 Å². The lowest BCUT2D eigenvalue weighted by Crippen LogP contribution is -2.39. The van der Waals surface area contributed by atoms with E-state index in [0.717, 1.165) is 27.3 Å². The molecule has 0 spiro atoms. The van der Waals surface area contributed by atoms with E-state index in [1.807, 2.05) is 5.43 Å². The molecule has 28 heavy (non-hydrogen) atoms. The lowest BCUT2D eigenvalue weighted by Gasteiger charge is -2.21. The first-order valence-electron chi connectivity index (χ1n) is 7.70. The molecule has 2 rings (SSSR count). The lowest BCUT2D eigenvalue weighted by molar-refractivity contribution is -0.137. The van der Waals surface area contributed by atoms with Crippen molar-refractivity contribution in [2.24, 2.45) is 5.10 Å². The minimum absolute atomic E-state index is 0.233. The van der Waals surface area contributed by atoms with Crippen molar-refractivity contribution in [3.63, 3.8) is 0 Å². The zero-order valence-corrected chi connectivity index (χ0v) is 16.8. The zero-order valence-electron chi connectivity index (χ0n) is 14.4. The summed E-state index contributed by atoms with van der Waals surface area (Å²) in [6.45, 7) is -0.585. The van der Waals surface area contributed by atoms with Crippen molar-refractivity contribution in [3.8, 4) is 0 Å². The summed E-state index contributed by atoms with van der Waals surface area (Å²) in [5.74, 6) is -0.811. The number of anilines is 1. The number of carbonyl (C=O) groups is 1. The first kappa shape index (κ1) is 21.9. The summed E-state index contributed by atoms with van der Waals surface area (Å²) in [4.78, 5) is 12.0. The lowest BCUT2D eigenvalue weighted by atomic mass is 10.1. The van der Waals surface area contributed by atoms with Crippen molar-refractivity contribution >= 4 is 43.8 Å². The highest BCUT2D eigenvalue weighted by molar-refractivity contribution is 9.10. The molecule has 0 saturated carbocycles. The van der Waals surface area contributed by atoms with Gasteiger partial charge in [0, 0.05) is 10.0 Å². The molecule has 0 aromatic heterocycles. The number of sulfonamides is 1. The number of hydrogen-bond donors (Lipinski definition) is 1. The van der Waals surface area contributed by atoms with Gasteiger partial charge in [-0.3, -0.25) is 9.10 Å². The van der Waals surface area contributed by atoms with Crippen molar-refractivity contribution in [2.45, 2.75) is 6.18 Å². The molecule has 0 unspecified atom stereocenters. The molecule has 2 aromatic rings. The molecule has 0 saturated heterocycles. The van der Waals surface area contributed by atoms with E-state index in [1.54, 1.807) is 12.1 Å². The van der Waals surface area contributed by atoms with Crippen molar-refractivity contribution in [3.05, 3.63) is 64.1 Å². The monoisotopic (exact) mass is 477 g/mol. The first-order chi connectivity index (χ1) is 13.0. The molecule has 150 valence electrons. The van der Waals surface area contributed by atoms with Crippen LogP contribution < -0.4 is 9.73 Å². The fourth-order valence-electron chi connectivity index (χ4n) is 2.21. The van der Waals surface area contributed by atoms with E-state index in [2.05, 4.69) is 21.0 Å². The van der Waals surface area contributed by atoms with Crippen LogP contribution in [0.2, 0.25) is 0 Å². The Labute approximate surface area is 168 Å². The summed E-state index contributed by atoms with van der Waals surface area (Å²) in [6, 6.07) is 10.9. The second-order valence-corrected chi connectivity index (χ2v) is 8.45. The number of carbonyl (C=O) groups excluding carboxylic acids is 1. The molecular formula is C17H15BrF3N3O3S. The van der Waals surface area contributed by atoms with Crippen LogP contribution in [0.5, 0.6) is 0 Å². The highest BCUT2D eigenvalue weighted by atomic mass is 79.9. The number of hydrogen-bond acceptors (Lipinski definition) is 4. The van der Waals surface area contributed by atoms with Crippen LogP contribution in [0.3, 0.4) is 0 Å². The van der Waals surface area contributed by atoms with Crippen molar-refractivity contribution in [1.82, 2.24) is 5.43 Å². The SMILES string of the molecule is CS(=O)(=O)N(CC(=O)N/N=C\c1ccccc1C(F)(F)F)c1ccc(Br)cc1. The Bertz CT molecular complexity index is 977. The predicted molar refractivity (Wildman–Crippen MR) is 104 cm³/mol. The molecule has 0 aliphatic rings. The van der Waals surface area contributed by atoms with Gasteiger partial charge in [-0.2, -0.15) is 18.3 Å². The second kappa shape index (κ2) is 8.74. The summed E-state index contributed by atoms with van der Waals surface area (Å²) < 4.78 is 64.3. The van der Waals surface area contributed by atoms with Gasteiger partial charge in [0.05, 0.1) is 23.7 Å². The van der Waals surface area contributed by atoms with E-state index in [0.29, 0.717) is 0 Å². The number of nitrogens with zero attached hydrogens (tertiary/aromatic N) is 2. The maximum Gasteiger partial charge on any atom is 0.417 e. The van der Waals surface area contributed by atoms with Gasteiger partial charge >= 0.3 is 6.18 Å². The molecule has 6 nitrogen and oxygen atoms in total. The van der Waals surface area contributed by atoms with Crippen LogP contribution in [0.25, 0.3) is 0 Å². The van der Waals surface area contributed by atoms with Crippen molar-refractivity contribution in [2.75, 3.05) is 17.1 Å². The Hall–Kier alpha value is -2.40. The van der Waals surface area contributed by atoms with Crippen LogP contribution in [-0.2, 0) is 21.0 Å². The average Bonchev–Trinajstić information content (AvgIpc) is 2.59. The number of rotatable bonds is 6. The van der Waals surface area contributed by atoms with Crippen LogP contribution in [0, 0.1) is 0 Å². The minimum Gasteiger partial charge on any atom is -0.271 e. The van der Waals surface area contributed by atoms with Gasteiger partial charge in [0.25, 0.3) is 5.91 Å². The normalized spacial score (nSPS) is 12.2. The number of halogens is 4. The van der Waals surface area contributed by atoms with Gasteiger partial charge in [-0.15, -0.1) is 0 Å². The van der Waals surface area contributed by atoms with Gasteiger partial charge in [-0.05, 0) is 30.3 Å². The van der Waals surface area contributed by atoms with Crippen molar-refractivity contribution in [1.29, 1.82) is 0 Å². The molecule has 0 bridgehead atoms. The third kappa shape index (κ3) is 6.06. The molecular weight excluding hydrogens is 463 g/mol. The Balaban J connectivity index is 2.12. The van der Waals surface area contributed by atoms with Gasteiger partial charge in [-0.25, -0.2) is 13.8 Å². The number of benzene rings is 2. The predicted octanol–water partition coefficient (Wildman–Crippen LogP) is 3.38. The molecule has 0 radical (unpaired) electrons. The second-order valence-electron chi connectivity index (χ2n) is 5.62. The summed E-state index contributed by atoms with van der Waals surface area (Å²) in [5, 5.41) is 3.51. The Morgan fingerprint density at radius 2 is 1.79 bits per heavy atom. The molecule has 0 fully saturated rings. The van der Waals surface area contributed by atoms with E-state index >= 15 is 0 Å². The van der Waals surface area contributed by atoms with Gasteiger partial charge in [0.2, 0.25) is 10.0 Å². The maximum absolute atomic E-state index is 12.9. The minimum atomic E-state index is -4.57. The average molecular weight is 478 g/mol. The Kier molecular flexibility index (Phi) is 6.83. The standard InChI is InChI=1S/C17H15BrF3N3O3S/c1-28(26,27)24(14-8-6-13(18)7-9-14)11-16(25)23-22-10-12-4-2-3-5-15(12)17(19,20)21/h2-10H,11H2,1H3,(H,23,25)/b22-10-. The van der Waals surface area contributed by atoms with Gasteiger partial charge in [-0.1, -0.05) is 34.1 Å². The summed E-state index contributed by atoms with van der Waals surface area (Å²) in [6.07, 6.45) is -2.78. The fourth-order valence-corrected chi connectivity index (χ4v) is 3.34. The number of alkyl halides is 3. The summed E-state index contributed by atoms with van der Waals surface area (Å²) >= 11 is 3.23. The van der Waals surface area contributed by atoms with Crippen LogP contribution >= 0.6 is 15.9 Å². The Morgan fingerprint density at radius 3 is 2.36 bits per heavy atom. The molecule has 1 N–H and O–H groups in total. The van der Waals surface area contributed by atoms with E-state index in [-0.39, 0.29) is 11.3 Å². The topological polar surface area (TPSA) is 78.8 Å². The number of nitrogens with one attached hydrogen (secondary N) is 1. The van der Waals surface area contributed by atoms with Crippen LogP contribution in [0.1, 0.15) is 11.1 Å². The molecule has 1 amide bonds. The van der Waals surface area contributed by atoms with Gasteiger partial charge in [0.1, 0.15) is 6.54 Å². The smallest absolute Gasteiger partial charge is 0.271 e. The highest BCUT2D eigenvalue weighted by Crippen LogP contribution is 2.31. The summed E-state index contributed by atoms with van der Waals surface area (Å²) in [5.41, 5.74) is 1.16. The fraction of sp³-hybridized carbons (Fsp3) is 0.176. The van der Waals surface area contributed by atoms with Crippen LogP contribution in [-0.4, -0.2) is 33.3 Å². The Morgan fingerprint density at radius 1 is 1.18 bits per heavy atom. The highest BCUT2D eigenvalue weighted by Gasteiger charge is 2.32.